The monoisotopic (exact) mass is 182 g/mol. The topological polar surface area (TPSA) is 20.2 Å². The molecule has 0 heterocycles. The Hall–Kier alpha value is -0.0400. The molecule has 1 N–H and O–H groups in total. The van der Waals surface area contributed by atoms with Crippen LogP contribution in [-0.2, 0) is 0 Å². The van der Waals surface area contributed by atoms with Crippen molar-refractivity contribution in [2.24, 2.45) is 17.8 Å². The normalized spacial score (nSPS) is 44.1. The maximum atomic E-state index is 10.3. The zero-order valence-electron chi connectivity index (χ0n) is 8.92. The van der Waals surface area contributed by atoms with Crippen molar-refractivity contribution in [3.05, 3.63) is 0 Å². The second-order valence-electron chi connectivity index (χ2n) is 5.57. The molecule has 2 aliphatic carbocycles. The first-order valence-corrected chi connectivity index (χ1v) is 5.82. The molecule has 0 aromatic carbocycles. The fraction of sp³-hybridized carbons (Fsp3) is 1.00. The molecule has 0 bridgehead atoms. The lowest BCUT2D eigenvalue weighted by atomic mass is 9.62. The fourth-order valence-corrected chi connectivity index (χ4v) is 3.33. The minimum Gasteiger partial charge on any atom is -0.390 e. The maximum Gasteiger partial charge on any atom is 0.0676 e. The molecule has 0 spiro atoms. The zero-order chi connectivity index (χ0) is 9.47. The summed E-state index contributed by atoms with van der Waals surface area (Å²) in [4.78, 5) is 0. The summed E-state index contributed by atoms with van der Waals surface area (Å²) in [7, 11) is 0. The Kier molecular flexibility index (Phi) is 2.39. The van der Waals surface area contributed by atoms with Gasteiger partial charge in [-0.2, -0.15) is 0 Å². The van der Waals surface area contributed by atoms with Crippen molar-refractivity contribution >= 4 is 0 Å². The molecular weight excluding hydrogens is 160 g/mol. The van der Waals surface area contributed by atoms with Crippen molar-refractivity contribution in [3.8, 4) is 0 Å². The summed E-state index contributed by atoms with van der Waals surface area (Å²) in [5.74, 6) is 2.27. The summed E-state index contributed by atoms with van der Waals surface area (Å²) in [6, 6.07) is 0. The average Bonchev–Trinajstić information content (AvgIpc) is 1.98. The molecule has 76 valence electrons. The molecule has 0 aliphatic heterocycles. The van der Waals surface area contributed by atoms with Gasteiger partial charge in [-0.25, -0.2) is 0 Å². The van der Waals surface area contributed by atoms with E-state index in [1.165, 1.54) is 25.7 Å². The highest BCUT2D eigenvalue weighted by molar-refractivity contribution is 4.96. The van der Waals surface area contributed by atoms with E-state index in [1.54, 1.807) is 0 Å². The summed E-state index contributed by atoms with van der Waals surface area (Å²) in [5, 5.41) is 10.3. The first-order chi connectivity index (χ1) is 6.10. The lowest BCUT2D eigenvalue weighted by Gasteiger charge is -2.47. The van der Waals surface area contributed by atoms with Crippen molar-refractivity contribution < 1.29 is 5.11 Å². The predicted molar refractivity (Wildman–Crippen MR) is 54.5 cm³/mol. The van der Waals surface area contributed by atoms with Crippen molar-refractivity contribution in [1.82, 2.24) is 0 Å². The second-order valence-corrected chi connectivity index (χ2v) is 5.57. The van der Waals surface area contributed by atoms with E-state index < -0.39 is 0 Å². The Morgan fingerprint density at radius 2 is 1.54 bits per heavy atom. The van der Waals surface area contributed by atoms with Gasteiger partial charge in [0.15, 0.2) is 0 Å². The smallest absolute Gasteiger partial charge is 0.0676 e. The van der Waals surface area contributed by atoms with Crippen LogP contribution in [0.25, 0.3) is 0 Å². The standard InChI is InChI=1S/C12H22O/c1-9-6-10(2)8-11(7-9)12(13)4-3-5-12/h9-11,13H,3-8H2,1-2H3. The number of aliphatic hydroxyl groups is 1. The van der Waals surface area contributed by atoms with E-state index in [-0.39, 0.29) is 5.60 Å². The van der Waals surface area contributed by atoms with E-state index in [2.05, 4.69) is 13.8 Å². The quantitative estimate of drug-likeness (QED) is 0.661. The predicted octanol–water partition coefficient (Wildman–Crippen LogP) is 2.97. The number of hydrogen-bond acceptors (Lipinski definition) is 1. The van der Waals surface area contributed by atoms with Crippen molar-refractivity contribution in [2.45, 2.75) is 58.0 Å². The lowest BCUT2D eigenvalue weighted by molar-refractivity contribution is -0.105. The Morgan fingerprint density at radius 3 is 1.92 bits per heavy atom. The second kappa shape index (κ2) is 3.27. The van der Waals surface area contributed by atoms with Crippen LogP contribution in [0.1, 0.15) is 52.4 Å². The molecule has 0 aromatic heterocycles. The summed E-state index contributed by atoms with van der Waals surface area (Å²) < 4.78 is 0. The molecule has 1 nitrogen and oxygen atoms in total. The molecule has 1 heteroatoms. The first kappa shape index (κ1) is 9.51. The van der Waals surface area contributed by atoms with E-state index >= 15 is 0 Å². The van der Waals surface area contributed by atoms with E-state index in [1.807, 2.05) is 0 Å². The third-order valence-corrected chi connectivity index (χ3v) is 4.16. The Morgan fingerprint density at radius 1 is 1.00 bits per heavy atom. The minimum absolute atomic E-state index is 0.247. The van der Waals surface area contributed by atoms with Crippen molar-refractivity contribution in [2.75, 3.05) is 0 Å². The summed E-state index contributed by atoms with van der Waals surface area (Å²) in [6.07, 6.45) is 7.28. The molecular formula is C12H22O. The lowest BCUT2D eigenvalue weighted by Crippen LogP contribution is -2.47. The highest BCUT2D eigenvalue weighted by atomic mass is 16.3. The molecule has 0 radical (unpaired) electrons. The molecule has 2 saturated carbocycles. The van der Waals surface area contributed by atoms with Crippen LogP contribution >= 0.6 is 0 Å². The van der Waals surface area contributed by atoms with Gasteiger partial charge in [-0.05, 0) is 56.3 Å². The molecule has 13 heavy (non-hydrogen) atoms. The molecule has 0 aromatic rings. The summed E-state index contributed by atoms with van der Waals surface area (Å²) in [5.41, 5.74) is -0.247. The van der Waals surface area contributed by atoms with Crippen LogP contribution in [0.4, 0.5) is 0 Å². The number of rotatable bonds is 1. The van der Waals surface area contributed by atoms with Crippen LogP contribution in [-0.4, -0.2) is 10.7 Å². The van der Waals surface area contributed by atoms with Gasteiger partial charge in [-0.15, -0.1) is 0 Å². The Balaban J connectivity index is 1.98. The molecule has 2 fully saturated rings. The molecule has 0 saturated heterocycles. The van der Waals surface area contributed by atoms with Gasteiger partial charge in [-0.3, -0.25) is 0 Å². The van der Waals surface area contributed by atoms with E-state index in [0.717, 1.165) is 24.7 Å². The van der Waals surface area contributed by atoms with Gasteiger partial charge in [0.2, 0.25) is 0 Å². The van der Waals surface area contributed by atoms with Crippen LogP contribution in [0.15, 0.2) is 0 Å². The van der Waals surface area contributed by atoms with Crippen molar-refractivity contribution in [1.29, 1.82) is 0 Å². The first-order valence-electron chi connectivity index (χ1n) is 5.82. The molecule has 2 unspecified atom stereocenters. The van der Waals surface area contributed by atoms with Crippen LogP contribution in [0.3, 0.4) is 0 Å². The fourth-order valence-electron chi connectivity index (χ4n) is 3.33. The maximum absolute atomic E-state index is 10.3. The third-order valence-electron chi connectivity index (χ3n) is 4.16. The molecule has 2 atom stereocenters. The van der Waals surface area contributed by atoms with Crippen LogP contribution in [0, 0.1) is 17.8 Å². The SMILES string of the molecule is CC1CC(C)CC(C2(O)CCC2)C1. The van der Waals surface area contributed by atoms with Gasteiger partial charge in [0.05, 0.1) is 5.60 Å². The van der Waals surface area contributed by atoms with Gasteiger partial charge < -0.3 is 5.11 Å². The molecule has 2 aliphatic rings. The van der Waals surface area contributed by atoms with Gasteiger partial charge in [0.25, 0.3) is 0 Å². The summed E-state index contributed by atoms with van der Waals surface area (Å²) >= 11 is 0. The zero-order valence-corrected chi connectivity index (χ0v) is 8.92. The minimum atomic E-state index is -0.247. The highest BCUT2D eigenvalue weighted by Crippen LogP contribution is 2.47. The van der Waals surface area contributed by atoms with Crippen LogP contribution < -0.4 is 0 Å². The van der Waals surface area contributed by atoms with Gasteiger partial charge >= 0.3 is 0 Å². The van der Waals surface area contributed by atoms with E-state index in [9.17, 15) is 5.11 Å². The van der Waals surface area contributed by atoms with Crippen molar-refractivity contribution in [3.63, 3.8) is 0 Å². The third kappa shape index (κ3) is 1.76. The van der Waals surface area contributed by atoms with E-state index in [4.69, 9.17) is 0 Å². The van der Waals surface area contributed by atoms with Crippen LogP contribution in [0.2, 0.25) is 0 Å². The highest BCUT2D eigenvalue weighted by Gasteiger charge is 2.44. The summed E-state index contributed by atoms with van der Waals surface area (Å²) in [6.45, 7) is 4.68. The average molecular weight is 182 g/mol. The van der Waals surface area contributed by atoms with Gasteiger partial charge in [-0.1, -0.05) is 13.8 Å². The molecule has 2 rings (SSSR count). The van der Waals surface area contributed by atoms with Gasteiger partial charge in [0.1, 0.15) is 0 Å². The number of hydrogen-bond donors (Lipinski definition) is 1. The molecule has 0 amide bonds. The Labute approximate surface area is 81.5 Å². The van der Waals surface area contributed by atoms with Gasteiger partial charge in [0, 0.05) is 0 Å². The van der Waals surface area contributed by atoms with E-state index in [0.29, 0.717) is 5.92 Å². The Bertz CT molecular complexity index is 174. The van der Waals surface area contributed by atoms with Crippen LogP contribution in [0.5, 0.6) is 0 Å². The largest absolute Gasteiger partial charge is 0.390 e.